The molecule has 0 saturated heterocycles. The van der Waals surface area contributed by atoms with Crippen LogP contribution in [0.5, 0.6) is 0 Å². The van der Waals surface area contributed by atoms with E-state index in [4.69, 9.17) is 9.47 Å². The van der Waals surface area contributed by atoms with E-state index >= 15 is 0 Å². The third kappa shape index (κ3) is 13.5. The first kappa shape index (κ1) is 36.7. The number of unbranched alkanes of at least 4 members (excludes halogenated alkanes) is 5. The summed E-state index contributed by atoms with van der Waals surface area (Å²) in [5, 5.41) is 5.58. The molecule has 3 amide bonds. The molecule has 0 bridgehead atoms. The summed E-state index contributed by atoms with van der Waals surface area (Å²) in [6, 6.07) is 5.41. The summed E-state index contributed by atoms with van der Waals surface area (Å²) >= 11 is 0. The first-order valence-corrected chi connectivity index (χ1v) is 15.3. The Morgan fingerprint density at radius 1 is 1.02 bits per heavy atom. The van der Waals surface area contributed by atoms with E-state index in [0.717, 1.165) is 37.7 Å². The molecule has 2 unspecified atom stereocenters. The summed E-state index contributed by atoms with van der Waals surface area (Å²) in [4.78, 5) is 54.3. The summed E-state index contributed by atoms with van der Waals surface area (Å²) in [5.74, 6) is -1.48. The Bertz CT molecular complexity index is 1020. The molecular formula is C33H53N3O6. The van der Waals surface area contributed by atoms with E-state index in [9.17, 15) is 19.2 Å². The fourth-order valence-electron chi connectivity index (χ4n) is 4.50. The van der Waals surface area contributed by atoms with Crippen molar-refractivity contribution in [2.24, 2.45) is 5.92 Å². The molecule has 1 aromatic rings. The Hall–Kier alpha value is -3.36. The van der Waals surface area contributed by atoms with Gasteiger partial charge in [0.25, 0.3) is 0 Å². The second-order valence-electron chi connectivity index (χ2n) is 11.8. The van der Waals surface area contributed by atoms with Crippen molar-refractivity contribution in [3.8, 4) is 0 Å². The number of benzene rings is 1. The second kappa shape index (κ2) is 18.9. The molecule has 0 heterocycles. The Labute approximate surface area is 252 Å². The highest BCUT2D eigenvalue weighted by Gasteiger charge is 2.37. The first-order chi connectivity index (χ1) is 19.8. The van der Waals surface area contributed by atoms with Crippen molar-refractivity contribution < 1.29 is 28.7 Å². The van der Waals surface area contributed by atoms with Gasteiger partial charge in [-0.15, -0.1) is 0 Å². The standard InChI is InChI=1S/C33H53N3O6/c1-9-12-13-14-15-16-22-36(31(39)28(24(4)5)35-32(40)42-33(6,7)8)29(26-19-17-18-25(10-2)23-26)30(38)34-21-20-27(37)41-11-3/h10,17-19,23-24,28-29H,2,9,11-16,20-22H2,1,3-8H3,(H,34,38)(H,35,40). The fourth-order valence-corrected chi connectivity index (χ4v) is 4.50. The number of carbonyl (C=O) groups is 4. The quantitative estimate of drug-likeness (QED) is 0.157. The molecule has 0 aromatic heterocycles. The molecule has 0 aliphatic carbocycles. The number of hydrogen-bond acceptors (Lipinski definition) is 6. The SMILES string of the molecule is C=Cc1cccc(C(C(=O)NCCC(=O)OCC)N(CCCCCCCC)C(=O)C(NC(=O)OC(C)(C)C)C(C)C)c1. The molecule has 2 N–H and O–H groups in total. The maximum atomic E-state index is 14.3. The van der Waals surface area contributed by atoms with Crippen LogP contribution in [-0.2, 0) is 23.9 Å². The van der Waals surface area contributed by atoms with Gasteiger partial charge < -0.3 is 25.0 Å². The van der Waals surface area contributed by atoms with Crippen LogP contribution in [0.1, 0.15) is 111 Å². The Morgan fingerprint density at radius 3 is 2.29 bits per heavy atom. The van der Waals surface area contributed by atoms with Crippen molar-refractivity contribution in [2.45, 2.75) is 111 Å². The molecule has 236 valence electrons. The van der Waals surface area contributed by atoms with Gasteiger partial charge in [-0.3, -0.25) is 14.4 Å². The number of amides is 3. The van der Waals surface area contributed by atoms with E-state index in [1.807, 2.05) is 32.0 Å². The number of esters is 1. The molecule has 9 heteroatoms. The summed E-state index contributed by atoms with van der Waals surface area (Å²) in [7, 11) is 0. The average Bonchev–Trinajstić information content (AvgIpc) is 2.91. The predicted molar refractivity (Wildman–Crippen MR) is 167 cm³/mol. The lowest BCUT2D eigenvalue weighted by Crippen LogP contribution is -2.55. The van der Waals surface area contributed by atoms with Crippen LogP contribution in [0.25, 0.3) is 6.08 Å². The minimum Gasteiger partial charge on any atom is -0.466 e. The van der Waals surface area contributed by atoms with Crippen molar-refractivity contribution in [1.29, 1.82) is 0 Å². The van der Waals surface area contributed by atoms with Gasteiger partial charge in [0, 0.05) is 13.1 Å². The Morgan fingerprint density at radius 2 is 1.69 bits per heavy atom. The monoisotopic (exact) mass is 587 g/mol. The van der Waals surface area contributed by atoms with Crippen LogP contribution < -0.4 is 10.6 Å². The van der Waals surface area contributed by atoms with Crippen molar-refractivity contribution in [2.75, 3.05) is 19.7 Å². The lowest BCUT2D eigenvalue weighted by molar-refractivity contribution is -0.144. The molecule has 0 saturated carbocycles. The first-order valence-electron chi connectivity index (χ1n) is 15.3. The van der Waals surface area contributed by atoms with Crippen LogP contribution in [0.15, 0.2) is 30.8 Å². The molecule has 0 aliphatic heterocycles. The molecule has 2 atom stereocenters. The zero-order chi connectivity index (χ0) is 31.7. The highest BCUT2D eigenvalue weighted by molar-refractivity contribution is 5.92. The maximum Gasteiger partial charge on any atom is 0.408 e. The van der Waals surface area contributed by atoms with Gasteiger partial charge in [0.2, 0.25) is 11.8 Å². The molecule has 42 heavy (non-hydrogen) atoms. The van der Waals surface area contributed by atoms with Crippen LogP contribution >= 0.6 is 0 Å². The number of carbonyl (C=O) groups excluding carboxylic acids is 4. The topological polar surface area (TPSA) is 114 Å². The maximum absolute atomic E-state index is 14.3. The minimum absolute atomic E-state index is 0.0131. The van der Waals surface area contributed by atoms with E-state index in [1.165, 1.54) is 0 Å². The molecule has 0 radical (unpaired) electrons. The summed E-state index contributed by atoms with van der Waals surface area (Å²) in [5.41, 5.74) is 0.676. The van der Waals surface area contributed by atoms with Crippen LogP contribution in [-0.4, -0.2) is 60.1 Å². The van der Waals surface area contributed by atoms with Gasteiger partial charge in [0.05, 0.1) is 13.0 Å². The molecular weight excluding hydrogens is 534 g/mol. The van der Waals surface area contributed by atoms with Crippen molar-refractivity contribution in [3.63, 3.8) is 0 Å². The molecule has 0 spiro atoms. The van der Waals surface area contributed by atoms with Gasteiger partial charge in [-0.2, -0.15) is 0 Å². The van der Waals surface area contributed by atoms with Gasteiger partial charge in [0.15, 0.2) is 0 Å². The van der Waals surface area contributed by atoms with Crippen molar-refractivity contribution in [3.05, 3.63) is 42.0 Å². The van der Waals surface area contributed by atoms with E-state index < -0.39 is 35.7 Å². The number of hydrogen-bond donors (Lipinski definition) is 2. The van der Waals surface area contributed by atoms with E-state index in [-0.39, 0.29) is 31.4 Å². The average molecular weight is 588 g/mol. The summed E-state index contributed by atoms with van der Waals surface area (Å²) < 4.78 is 10.4. The lowest BCUT2D eigenvalue weighted by atomic mass is 9.97. The van der Waals surface area contributed by atoms with Crippen molar-refractivity contribution in [1.82, 2.24) is 15.5 Å². The molecule has 1 aromatic carbocycles. The largest absolute Gasteiger partial charge is 0.466 e. The number of alkyl carbamates (subject to hydrolysis) is 1. The zero-order valence-corrected chi connectivity index (χ0v) is 26.8. The van der Waals surface area contributed by atoms with Gasteiger partial charge in [-0.25, -0.2) is 4.79 Å². The third-order valence-corrected chi connectivity index (χ3v) is 6.60. The molecule has 1 rings (SSSR count). The highest BCUT2D eigenvalue weighted by atomic mass is 16.6. The number of ether oxygens (including phenoxy) is 2. The second-order valence-corrected chi connectivity index (χ2v) is 11.8. The smallest absolute Gasteiger partial charge is 0.408 e. The highest BCUT2D eigenvalue weighted by Crippen LogP contribution is 2.26. The molecule has 0 aliphatic rings. The third-order valence-electron chi connectivity index (χ3n) is 6.60. The van der Waals surface area contributed by atoms with E-state index in [0.29, 0.717) is 18.5 Å². The lowest BCUT2D eigenvalue weighted by Gasteiger charge is -2.35. The van der Waals surface area contributed by atoms with Gasteiger partial charge in [-0.05, 0) is 57.2 Å². The van der Waals surface area contributed by atoms with Crippen LogP contribution in [0.3, 0.4) is 0 Å². The van der Waals surface area contributed by atoms with Crippen LogP contribution in [0.2, 0.25) is 0 Å². The molecule has 0 fully saturated rings. The fraction of sp³-hybridized carbons (Fsp3) is 0.636. The number of nitrogens with one attached hydrogen (secondary N) is 2. The Balaban J connectivity index is 3.45. The number of nitrogens with zero attached hydrogens (tertiary/aromatic N) is 1. The van der Waals surface area contributed by atoms with Gasteiger partial charge in [-0.1, -0.05) is 83.7 Å². The minimum atomic E-state index is -0.989. The van der Waals surface area contributed by atoms with E-state index in [2.05, 4.69) is 24.1 Å². The van der Waals surface area contributed by atoms with Crippen molar-refractivity contribution >= 4 is 30.0 Å². The zero-order valence-electron chi connectivity index (χ0n) is 26.8. The summed E-state index contributed by atoms with van der Waals surface area (Å²) in [6.07, 6.45) is 7.01. The number of rotatable bonds is 18. The Kier molecular flexibility index (Phi) is 16.5. The van der Waals surface area contributed by atoms with E-state index in [1.54, 1.807) is 44.7 Å². The van der Waals surface area contributed by atoms with Gasteiger partial charge in [0.1, 0.15) is 17.7 Å². The predicted octanol–water partition coefficient (Wildman–Crippen LogP) is 6.18. The van der Waals surface area contributed by atoms with Gasteiger partial charge >= 0.3 is 12.1 Å². The summed E-state index contributed by atoms with van der Waals surface area (Å²) in [6.45, 7) is 17.3. The van der Waals surface area contributed by atoms with Crippen LogP contribution in [0, 0.1) is 5.92 Å². The van der Waals surface area contributed by atoms with Crippen LogP contribution in [0.4, 0.5) is 4.79 Å². The normalized spacial score (nSPS) is 12.7. The molecule has 9 nitrogen and oxygen atoms in total.